The second-order valence-corrected chi connectivity index (χ2v) is 5.64. The lowest BCUT2D eigenvalue weighted by Crippen LogP contribution is -2.45. The fraction of sp³-hybridized carbons (Fsp3) is 0.929. The molecular weight excluding hydrogens is 212 g/mol. The van der Waals surface area contributed by atoms with Crippen molar-refractivity contribution in [2.75, 3.05) is 13.2 Å². The highest BCUT2D eigenvalue weighted by Crippen LogP contribution is 2.10. The minimum Gasteiger partial charge on any atom is -0.381 e. The molecule has 0 rings (SSSR count). The van der Waals surface area contributed by atoms with Crippen LogP contribution in [0.25, 0.3) is 0 Å². The van der Waals surface area contributed by atoms with Gasteiger partial charge in [0, 0.05) is 25.7 Å². The van der Waals surface area contributed by atoms with Gasteiger partial charge in [-0.2, -0.15) is 5.26 Å². The Morgan fingerprint density at radius 1 is 1.24 bits per heavy atom. The first-order chi connectivity index (χ1) is 7.89. The summed E-state index contributed by atoms with van der Waals surface area (Å²) < 4.78 is 5.57. The Labute approximate surface area is 107 Å². The zero-order chi connectivity index (χ0) is 13.3. The van der Waals surface area contributed by atoms with E-state index in [1.54, 1.807) is 0 Å². The van der Waals surface area contributed by atoms with Crippen LogP contribution in [0.5, 0.6) is 0 Å². The summed E-state index contributed by atoms with van der Waals surface area (Å²) in [6.45, 7) is 11.9. The minimum atomic E-state index is -0.466. The molecule has 17 heavy (non-hydrogen) atoms. The number of ether oxygens (including phenoxy) is 1. The Balaban J connectivity index is 3.67. The van der Waals surface area contributed by atoms with Crippen molar-refractivity contribution in [3.63, 3.8) is 0 Å². The number of rotatable bonds is 9. The maximum atomic E-state index is 9.14. The predicted octanol–water partition coefficient (Wildman–Crippen LogP) is 3.11. The van der Waals surface area contributed by atoms with Gasteiger partial charge in [-0.05, 0) is 39.5 Å². The molecule has 0 bridgehead atoms. The second-order valence-electron chi connectivity index (χ2n) is 5.64. The summed E-state index contributed by atoms with van der Waals surface area (Å²) in [6, 6.07) is 2.65. The highest BCUT2D eigenvalue weighted by molar-refractivity contribution is 5.04. The minimum absolute atomic E-state index is 0.320. The van der Waals surface area contributed by atoms with E-state index in [4.69, 9.17) is 10.00 Å². The van der Waals surface area contributed by atoms with E-state index in [0.717, 1.165) is 25.4 Å². The lowest BCUT2D eigenvalue weighted by atomic mass is 9.99. The van der Waals surface area contributed by atoms with Gasteiger partial charge in [0.2, 0.25) is 0 Å². The van der Waals surface area contributed by atoms with Crippen LogP contribution in [0.1, 0.15) is 53.9 Å². The van der Waals surface area contributed by atoms with E-state index in [1.165, 1.54) is 6.42 Å². The molecule has 0 aliphatic rings. The van der Waals surface area contributed by atoms with E-state index in [2.05, 4.69) is 39.1 Å². The molecule has 0 saturated heterocycles. The number of nitrogens with zero attached hydrogens (tertiary/aromatic N) is 1. The smallest absolute Gasteiger partial charge is 0.106 e. The topological polar surface area (TPSA) is 45.0 Å². The van der Waals surface area contributed by atoms with Crippen LogP contribution in [-0.4, -0.2) is 24.8 Å². The quantitative estimate of drug-likeness (QED) is 0.630. The van der Waals surface area contributed by atoms with Gasteiger partial charge in [0.05, 0.1) is 6.07 Å². The third-order valence-corrected chi connectivity index (χ3v) is 2.67. The SMILES string of the molecule is CC(C)CCCOCCC(C)(C#N)NC(C)C. The van der Waals surface area contributed by atoms with E-state index in [1.807, 2.05) is 6.92 Å². The largest absolute Gasteiger partial charge is 0.381 e. The number of nitriles is 1. The molecular formula is C14H28N2O. The van der Waals surface area contributed by atoms with Crippen LogP contribution in [0.2, 0.25) is 0 Å². The Hall–Kier alpha value is -0.590. The Morgan fingerprint density at radius 3 is 2.35 bits per heavy atom. The molecule has 1 unspecified atom stereocenters. The van der Waals surface area contributed by atoms with Crippen LogP contribution in [-0.2, 0) is 4.74 Å². The molecule has 0 saturated carbocycles. The van der Waals surface area contributed by atoms with Gasteiger partial charge in [-0.1, -0.05) is 13.8 Å². The molecule has 0 fully saturated rings. The maximum Gasteiger partial charge on any atom is 0.106 e. The van der Waals surface area contributed by atoms with Crippen molar-refractivity contribution in [3.05, 3.63) is 0 Å². The van der Waals surface area contributed by atoms with Gasteiger partial charge in [0.1, 0.15) is 5.54 Å². The van der Waals surface area contributed by atoms with Crippen molar-refractivity contribution in [3.8, 4) is 6.07 Å². The van der Waals surface area contributed by atoms with E-state index in [9.17, 15) is 0 Å². The van der Waals surface area contributed by atoms with Gasteiger partial charge in [-0.15, -0.1) is 0 Å². The van der Waals surface area contributed by atoms with Gasteiger partial charge in [0.25, 0.3) is 0 Å². The lowest BCUT2D eigenvalue weighted by molar-refractivity contribution is 0.111. The Bertz CT molecular complexity index is 233. The van der Waals surface area contributed by atoms with Crippen LogP contribution in [0, 0.1) is 17.2 Å². The molecule has 0 aromatic carbocycles. The van der Waals surface area contributed by atoms with Crippen molar-refractivity contribution >= 4 is 0 Å². The van der Waals surface area contributed by atoms with Gasteiger partial charge >= 0.3 is 0 Å². The molecule has 0 aromatic heterocycles. The van der Waals surface area contributed by atoms with Crippen molar-refractivity contribution in [2.24, 2.45) is 5.92 Å². The van der Waals surface area contributed by atoms with E-state index in [0.29, 0.717) is 12.6 Å². The fourth-order valence-corrected chi connectivity index (χ4v) is 1.77. The van der Waals surface area contributed by atoms with Gasteiger partial charge in [-0.3, -0.25) is 5.32 Å². The molecule has 1 atom stereocenters. The molecule has 100 valence electrons. The van der Waals surface area contributed by atoms with Crippen LogP contribution in [0.15, 0.2) is 0 Å². The third kappa shape index (κ3) is 9.14. The summed E-state index contributed by atoms with van der Waals surface area (Å²) in [4.78, 5) is 0. The highest BCUT2D eigenvalue weighted by Gasteiger charge is 2.23. The van der Waals surface area contributed by atoms with E-state index < -0.39 is 5.54 Å². The highest BCUT2D eigenvalue weighted by atomic mass is 16.5. The maximum absolute atomic E-state index is 9.14. The van der Waals surface area contributed by atoms with Gasteiger partial charge < -0.3 is 4.74 Å². The van der Waals surface area contributed by atoms with Crippen molar-refractivity contribution < 1.29 is 4.74 Å². The van der Waals surface area contributed by atoms with E-state index in [-0.39, 0.29) is 0 Å². The average Bonchev–Trinajstić information content (AvgIpc) is 2.22. The summed E-state index contributed by atoms with van der Waals surface area (Å²) in [5.41, 5.74) is -0.466. The summed E-state index contributed by atoms with van der Waals surface area (Å²) >= 11 is 0. The molecule has 0 radical (unpaired) electrons. The fourth-order valence-electron chi connectivity index (χ4n) is 1.77. The van der Waals surface area contributed by atoms with Crippen LogP contribution in [0.3, 0.4) is 0 Å². The molecule has 3 heteroatoms. The Kier molecular flexibility index (Phi) is 8.20. The molecule has 0 aromatic rings. The van der Waals surface area contributed by atoms with Crippen LogP contribution < -0.4 is 5.32 Å². The van der Waals surface area contributed by atoms with E-state index >= 15 is 0 Å². The summed E-state index contributed by atoms with van der Waals surface area (Å²) in [7, 11) is 0. The first kappa shape index (κ1) is 16.4. The van der Waals surface area contributed by atoms with Crippen LogP contribution >= 0.6 is 0 Å². The molecule has 0 aliphatic heterocycles. The zero-order valence-corrected chi connectivity index (χ0v) is 12.0. The predicted molar refractivity (Wildman–Crippen MR) is 71.8 cm³/mol. The standard InChI is InChI=1S/C14H28N2O/c1-12(2)7-6-9-17-10-8-14(5,11-15)16-13(3)4/h12-13,16H,6-10H2,1-5H3. The molecule has 0 spiro atoms. The molecule has 0 heterocycles. The van der Waals surface area contributed by atoms with Gasteiger partial charge in [0.15, 0.2) is 0 Å². The number of nitrogens with one attached hydrogen (secondary N) is 1. The number of hydrogen-bond acceptors (Lipinski definition) is 3. The summed E-state index contributed by atoms with van der Waals surface area (Å²) in [6.07, 6.45) is 3.06. The normalized spacial score (nSPS) is 14.9. The van der Waals surface area contributed by atoms with Crippen molar-refractivity contribution in [2.45, 2.75) is 65.5 Å². The Morgan fingerprint density at radius 2 is 1.88 bits per heavy atom. The molecule has 3 nitrogen and oxygen atoms in total. The summed E-state index contributed by atoms with van der Waals surface area (Å²) in [5.74, 6) is 0.741. The third-order valence-electron chi connectivity index (χ3n) is 2.67. The first-order valence-electron chi connectivity index (χ1n) is 6.66. The van der Waals surface area contributed by atoms with Gasteiger partial charge in [-0.25, -0.2) is 0 Å². The van der Waals surface area contributed by atoms with Crippen molar-refractivity contribution in [1.82, 2.24) is 5.32 Å². The molecule has 0 amide bonds. The zero-order valence-electron chi connectivity index (χ0n) is 12.0. The van der Waals surface area contributed by atoms with Crippen LogP contribution in [0.4, 0.5) is 0 Å². The second kappa shape index (κ2) is 8.49. The monoisotopic (exact) mass is 240 g/mol. The average molecular weight is 240 g/mol. The molecule has 1 N–H and O–H groups in total. The van der Waals surface area contributed by atoms with Crippen molar-refractivity contribution in [1.29, 1.82) is 5.26 Å². The summed E-state index contributed by atoms with van der Waals surface area (Å²) in [5, 5.41) is 12.4. The number of hydrogen-bond donors (Lipinski definition) is 1. The first-order valence-corrected chi connectivity index (χ1v) is 6.66. The molecule has 0 aliphatic carbocycles. The lowest BCUT2D eigenvalue weighted by Gasteiger charge is -2.25.